The number of anilines is 1. The Morgan fingerprint density at radius 3 is 2.55 bits per heavy atom. The Morgan fingerprint density at radius 2 is 1.71 bits per heavy atom. The Kier molecular flexibility index (Phi) is 5.63. The second-order valence-electron chi connectivity index (χ2n) is 7.14. The fourth-order valence-electron chi connectivity index (χ4n) is 3.52. The molecule has 0 radical (unpaired) electrons. The van der Waals surface area contributed by atoms with Crippen molar-refractivity contribution >= 4 is 28.6 Å². The molecule has 0 spiro atoms. The molecule has 0 bridgehead atoms. The molecule has 5 rings (SSSR count). The van der Waals surface area contributed by atoms with Crippen LogP contribution < -0.4 is 10.5 Å². The molecule has 0 atom stereocenters. The molecule has 2 aromatic heterocycles. The van der Waals surface area contributed by atoms with E-state index in [4.69, 9.17) is 4.74 Å². The highest BCUT2D eigenvalue weighted by Gasteiger charge is 2.21. The number of fused-ring (bicyclic) bond motifs is 1. The van der Waals surface area contributed by atoms with E-state index in [1.807, 2.05) is 30.3 Å². The maximum atomic E-state index is 12.8. The fraction of sp³-hybridized carbons (Fsp3) is 0.286. The molecule has 0 aliphatic carbocycles. The van der Waals surface area contributed by atoms with Crippen molar-refractivity contribution in [3.8, 4) is 0 Å². The van der Waals surface area contributed by atoms with Gasteiger partial charge in [0.25, 0.3) is 5.56 Å². The number of ether oxygens (including phenoxy) is 1. The first kappa shape index (κ1) is 19.7. The van der Waals surface area contributed by atoms with Gasteiger partial charge in [-0.3, -0.25) is 9.36 Å². The lowest BCUT2D eigenvalue weighted by molar-refractivity contribution is 0.121. The number of aromatic nitrogens is 6. The molecular weight excluding hydrogens is 414 g/mol. The first-order valence-corrected chi connectivity index (χ1v) is 11.0. The molecule has 0 unspecified atom stereocenters. The standard InChI is InChI=1S/C21H21N7O2S/c29-19-17-8-4-5-9-18(17)22-25-28(19)15-31-21-24-23-20(26-10-12-30-13-11-26)27(21)14-16-6-2-1-3-7-16/h1-9H,10-15H2. The van der Waals surface area contributed by atoms with Gasteiger partial charge in [-0.15, -0.1) is 15.3 Å². The maximum absolute atomic E-state index is 12.8. The molecule has 0 amide bonds. The van der Waals surface area contributed by atoms with E-state index in [1.165, 1.54) is 16.4 Å². The van der Waals surface area contributed by atoms with Crippen LogP contribution in [0.3, 0.4) is 0 Å². The monoisotopic (exact) mass is 435 g/mol. The zero-order valence-corrected chi connectivity index (χ0v) is 17.6. The highest BCUT2D eigenvalue weighted by Crippen LogP contribution is 2.25. The Bertz CT molecular complexity index is 1240. The quantitative estimate of drug-likeness (QED) is 0.425. The molecule has 31 heavy (non-hydrogen) atoms. The van der Waals surface area contributed by atoms with E-state index in [-0.39, 0.29) is 5.56 Å². The van der Waals surface area contributed by atoms with Gasteiger partial charge in [0.1, 0.15) is 5.52 Å². The number of thioether (sulfide) groups is 1. The van der Waals surface area contributed by atoms with Crippen molar-refractivity contribution in [3.63, 3.8) is 0 Å². The Hall–Kier alpha value is -3.24. The molecule has 1 aliphatic heterocycles. The molecule has 158 valence electrons. The summed E-state index contributed by atoms with van der Waals surface area (Å²) in [6.45, 7) is 3.52. The van der Waals surface area contributed by atoms with Crippen LogP contribution in [0.15, 0.2) is 64.5 Å². The summed E-state index contributed by atoms with van der Waals surface area (Å²) in [4.78, 5) is 14.9. The van der Waals surface area contributed by atoms with Gasteiger partial charge in [0.2, 0.25) is 5.95 Å². The molecule has 1 fully saturated rings. The molecule has 0 N–H and O–H groups in total. The van der Waals surface area contributed by atoms with E-state index in [1.54, 1.807) is 12.1 Å². The molecule has 10 heteroatoms. The topological polar surface area (TPSA) is 91.0 Å². The third kappa shape index (κ3) is 4.17. The molecular formula is C21H21N7O2S. The van der Waals surface area contributed by atoms with Crippen LogP contribution in [-0.2, 0) is 17.2 Å². The number of nitrogens with zero attached hydrogens (tertiary/aromatic N) is 7. The lowest BCUT2D eigenvalue weighted by atomic mass is 10.2. The molecule has 2 aromatic carbocycles. The third-order valence-corrected chi connectivity index (χ3v) is 6.05. The zero-order chi connectivity index (χ0) is 21.0. The van der Waals surface area contributed by atoms with E-state index < -0.39 is 0 Å². The Labute approximate surface area is 182 Å². The summed E-state index contributed by atoms with van der Waals surface area (Å²) in [7, 11) is 0. The number of hydrogen-bond acceptors (Lipinski definition) is 8. The van der Waals surface area contributed by atoms with Crippen LogP contribution >= 0.6 is 11.8 Å². The summed E-state index contributed by atoms with van der Waals surface area (Å²) in [5, 5.41) is 18.4. The highest BCUT2D eigenvalue weighted by atomic mass is 32.2. The van der Waals surface area contributed by atoms with Crippen LogP contribution in [0, 0.1) is 0 Å². The van der Waals surface area contributed by atoms with Gasteiger partial charge < -0.3 is 9.64 Å². The van der Waals surface area contributed by atoms with E-state index >= 15 is 0 Å². The van der Waals surface area contributed by atoms with Gasteiger partial charge in [-0.1, -0.05) is 59.4 Å². The number of rotatable bonds is 6. The Balaban J connectivity index is 1.44. The van der Waals surface area contributed by atoms with Crippen LogP contribution in [0.4, 0.5) is 5.95 Å². The van der Waals surface area contributed by atoms with E-state index in [0.29, 0.717) is 36.5 Å². The van der Waals surface area contributed by atoms with E-state index in [2.05, 4.69) is 42.1 Å². The number of hydrogen-bond donors (Lipinski definition) is 0. The number of morpholine rings is 1. The third-order valence-electron chi connectivity index (χ3n) is 5.12. The second-order valence-corrected chi connectivity index (χ2v) is 8.05. The summed E-state index contributed by atoms with van der Waals surface area (Å²) in [6.07, 6.45) is 0. The van der Waals surface area contributed by atoms with Gasteiger partial charge in [0.05, 0.1) is 31.0 Å². The van der Waals surface area contributed by atoms with Gasteiger partial charge >= 0.3 is 0 Å². The van der Waals surface area contributed by atoms with Gasteiger partial charge in [-0.25, -0.2) is 0 Å². The summed E-state index contributed by atoms with van der Waals surface area (Å²) in [5.74, 6) is 1.11. The van der Waals surface area contributed by atoms with E-state index in [9.17, 15) is 4.79 Å². The van der Waals surface area contributed by atoms with Crippen LogP contribution in [0.25, 0.3) is 10.9 Å². The maximum Gasteiger partial charge on any atom is 0.278 e. The average Bonchev–Trinajstić information content (AvgIpc) is 3.22. The fourth-order valence-corrected chi connectivity index (χ4v) is 4.32. The van der Waals surface area contributed by atoms with Crippen molar-refractivity contribution < 1.29 is 4.74 Å². The smallest absolute Gasteiger partial charge is 0.278 e. The summed E-state index contributed by atoms with van der Waals surface area (Å²) >= 11 is 1.42. The van der Waals surface area contributed by atoms with Crippen LogP contribution in [0.5, 0.6) is 0 Å². The zero-order valence-electron chi connectivity index (χ0n) is 16.8. The summed E-state index contributed by atoms with van der Waals surface area (Å²) in [5.41, 5.74) is 1.58. The van der Waals surface area contributed by atoms with Gasteiger partial charge in [0.15, 0.2) is 5.16 Å². The SMILES string of the molecule is O=c1c2ccccc2nnn1CSc1nnc(N2CCOCC2)n1Cc1ccccc1. The predicted molar refractivity (Wildman–Crippen MR) is 118 cm³/mol. The van der Waals surface area contributed by atoms with E-state index in [0.717, 1.165) is 29.8 Å². The lowest BCUT2D eigenvalue weighted by Crippen LogP contribution is -2.38. The largest absolute Gasteiger partial charge is 0.378 e. The van der Waals surface area contributed by atoms with Crippen molar-refractivity contribution in [2.24, 2.45) is 0 Å². The van der Waals surface area contributed by atoms with Crippen molar-refractivity contribution in [1.29, 1.82) is 0 Å². The summed E-state index contributed by atoms with van der Waals surface area (Å²) < 4.78 is 8.93. The minimum Gasteiger partial charge on any atom is -0.378 e. The number of benzene rings is 2. The molecule has 3 heterocycles. The van der Waals surface area contributed by atoms with Crippen LogP contribution in [-0.4, -0.2) is 56.1 Å². The molecule has 9 nitrogen and oxygen atoms in total. The van der Waals surface area contributed by atoms with Crippen molar-refractivity contribution in [2.75, 3.05) is 31.2 Å². The highest BCUT2D eigenvalue weighted by molar-refractivity contribution is 7.98. The Morgan fingerprint density at radius 1 is 0.935 bits per heavy atom. The van der Waals surface area contributed by atoms with Crippen molar-refractivity contribution in [1.82, 2.24) is 29.8 Å². The first-order valence-electron chi connectivity index (χ1n) is 10.0. The molecule has 4 aromatic rings. The molecule has 0 saturated carbocycles. The molecule has 1 aliphatic rings. The van der Waals surface area contributed by atoms with Gasteiger partial charge in [0, 0.05) is 13.1 Å². The normalized spacial score (nSPS) is 14.3. The average molecular weight is 436 g/mol. The van der Waals surface area contributed by atoms with Gasteiger partial charge in [-0.2, -0.15) is 4.68 Å². The van der Waals surface area contributed by atoms with Crippen molar-refractivity contribution in [2.45, 2.75) is 17.6 Å². The van der Waals surface area contributed by atoms with Gasteiger partial charge in [-0.05, 0) is 17.7 Å². The predicted octanol–water partition coefficient (Wildman–Crippen LogP) is 2.02. The van der Waals surface area contributed by atoms with Crippen LogP contribution in [0.1, 0.15) is 5.56 Å². The minimum atomic E-state index is -0.166. The van der Waals surface area contributed by atoms with Crippen LogP contribution in [0.2, 0.25) is 0 Å². The minimum absolute atomic E-state index is 0.166. The lowest BCUT2D eigenvalue weighted by Gasteiger charge is -2.28. The first-order chi connectivity index (χ1) is 15.3. The van der Waals surface area contributed by atoms with Crippen molar-refractivity contribution in [3.05, 3.63) is 70.5 Å². The summed E-state index contributed by atoms with van der Waals surface area (Å²) in [6, 6.07) is 17.4. The molecule has 1 saturated heterocycles. The second kappa shape index (κ2) is 8.86.